The second-order valence-corrected chi connectivity index (χ2v) is 8.28. The SMILES string of the molecule is COc1cc(O)c2c(c1-c1ccc(O)c3c(OC)cc(C)cc13)C[C@@H](C)N(C)[C@@H]2C. The van der Waals surface area contributed by atoms with Crippen molar-refractivity contribution in [1.82, 2.24) is 4.90 Å². The van der Waals surface area contributed by atoms with Crippen LogP contribution < -0.4 is 9.47 Å². The lowest BCUT2D eigenvalue weighted by Crippen LogP contribution is -2.38. The molecule has 0 spiro atoms. The van der Waals surface area contributed by atoms with E-state index in [0.29, 0.717) is 22.9 Å². The van der Waals surface area contributed by atoms with Gasteiger partial charge >= 0.3 is 0 Å². The number of nitrogens with zero attached hydrogens (tertiary/aromatic N) is 1. The number of ether oxygens (including phenoxy) is 2. The summed E-state index contributed by atoms with van der Waals surface area (Å²) in [6.45, 7) is 6.33. The van der Waals surface area contributed by atoms with Crippen LogP contribution in [0.4, 0.5) is 0 Å². The average molecular weight is 408 g/mol. The Labute approximate surface area is 177 Å². The molecule has 1 heterocycles. The van der Waals surface area contributed by atoms with Gasteiger partial charge < -0.3 is 19.7 Å². The molecule has 0 fully saturated rings. The number of aryl methyl sites for hydroxylation is 1. The molecule has 1 aliphatic heterocycles. The molecule has 5 nitrogen and oxygen atoms in total. The Morgan fingerprint density at radius 2 is 1.67 bits per heavy atom. The molecule has 0 amide bonds. The number of hydrogen-bond donors (Lipinski definition) is 2. The Bertz CT molecular complexity index is 1140. The molecule has 158 valence electrons. The van der Waals surface area contributed by atoms with Crippen molar-refractivity contribution in [3.8, 4) is 34.1 Å². The van der Waals surface area contributed by atoms with Gasteiger partial charge in [0.25, 0.3) is 0 Å². The fraction of sp³-hybridized carbons (Fsp3) is 0.360. The van der Waals surface area contributed by atoms with Gasteiger partial charge in [0.05, 0.1) is 19.6 Å². The molecule has 4 rings (SSSR count). The molecule has 0 bridgehead atoms. The van der Waals surface area contributed by atoms with Crippen molar-refractivity contribution in [2.75, 3.05) is 21.3 Å². The Kier molecular flexibility index (Phi) is 5.02. The minimum Gasteiger partial charge on any atom is -0.507 e. The molecule has 2 atom stereocenters. The summed E-state index contributed by atoms with van der Waals surface area (Å²) in [4.78, 5) is 2.28. The molecule has 0 aromatic heterocycles. The highest BCUT2D eigenvalue weighted by atomic mass is 16.5. The lowest BCUT2D eigenvalue weighted by Gasteiger charge is -2.39. The van der Waals surface area contributed by atoms with Crippen molar-refractivity contribution in [2.24, 2.45) is 0 Å². The van der Waals surface area contributed by atoms with E-state index in [9.17, 15) is 10.2 Å². The smallest absolute Gasteiger partial charge is 0.130 e. The lowest BCUT2D eigenvalue weighted by molar-refractivity contribution is 0.176. The van der Waals surface area contributed by atoms with E-state index in [0.717, 1.165) is 39.6 Å². The second-order valence-electron chi connectivity index (χ2n) is 8.28. The molecule has 5 heteroatoms. The van der Waals surface area contributed by atoms with Crippen molar-refractivity contribution in [3.63, 3.8) is 0 Å². The van der Waals surface area contributed by atoms with Crippen LogP contribution in [0.25, 0.3) is 21.9 Å². The quantitative estimate of drug-likeness (QED) is 0.626. The van der Waals surface area contributed by atoms with Gasteiger partial charge in [-0.15, -0.1) is 0 Å². The highest BCUT2D eigenvalue weighted by molar-refractivity contribution is 6.05. The molecular weight excluding hydrogens is 378 g/mol. The van der Waals surface area contributed by atoms with Gasteiger partial charge in [-0.1, -0.05) is 6.07 Å². The van der Waals surface area contributed by atoms with E-state index >= 15 is 0 Å². The summed E-state index contributed by atoms with van der Waals surface area (Å²) in [7, 11) is 5.33. The average Bonchev–Trinajstić information content (AvgIpc) is 2.71. The number of benzene rings is 3. The third-order valence-electron chi connectivity index (χ3n) is 6.55. The number of hydrogen-bond acceptors (Lipinski definition) is 5. The van der Waals surface area contributed by atoms with Crippen LogP contribution >= 0.6 is 0 Å². The van der Waals surface area contributed by atoms with Gasteiger partial charge in [-0.25, -0.2) is 0 Å². The summed E-state index contributed by atoms with van der Waals surface area (Å²) >= 11 is 0. The maximum Gasteiger partial charge on any atom is 0.130 e. The maximum absolute atomic E-state index is 10.8. The molecule has 0 saturated heterocycles. The number of likely N-dealkylation sites (N-methyl/N-ethyl adjacent to an activating group) is 1. The van der Waals surface area contributed by atoms with Crippen LogP contribution in [0.5, 0.6) is 23.0 Å². The molecule has 30 heavy (non-hydrogen) atoms. The molecule has 0 saturated carbocycles. The van der Waals surface area contributed by atoms with E-state index in [-0.39, 0.29) is 17.5 Å². The lowest BCUT2D eigenvalue weighted by atomic mass is 9.82. The Morgan fingerprint density at radius 1 is 0.967 bits per heavy atom. The Morgan fingerprint density at radius 3 is 2.33 bits per heavy atom. The highest BCUT2D eigenvalue weighted by Crippen LogP contribution is 2.50. The van der Waals surface area contributed by atoms with Gasteiger partial charge in [0.15, 0.2) is 0 Å². The molecule has 3 aromatic carbocycles. The summed E-state index contributed by atoms with van der Waals surface area (Å²) in [5.74, 6) is 1.70. The van der Waals surface area contributed by atoms with Gasteiger partial charge in [-0.2, -0.15) is 0 Å². The summed E-state index contributed by atoms with van der Waals surface area (Å²) in [6, 6.07) is 9.72. The topological polar surface area (TPSA) is 62.2 Å². The first-order chi connectivity index (χ1) is 14.3. The fourth-order valence-electron chi connectivity index (χ4n) is 4.82. The first kappa shape index (κ1) is 20.4. The molecule has 2 N–H and O–H groups in total. The summed E-state index contributed by atoms with van der Waals surface area (Å²) in [5.41, 5.74) is 5.00. The van der Waals surface area contributed by atoms with Crippen LogP contribution in [0.3, 0.4) is 0 Å². The highest BCUT2D eigenvalue weighted by Gasteiger charge is 2.33. The number of aromatic hydroxyl groups is 2. The predicted octanol–water partition coefficient (Wildman–Crippen LogP) is 5.18. The maximum atomic E-state index is 10.8. The van der Waals surface area contributed by atoms with Crippen LogP contribution in [0.2, 0.25) is 0 Å². The van der Waals surface area contributed by atoms with Crippen molar-refractivity contribution >= 4 is 10.8 Å². The molecular formula is C25H29NO4. The summed E-state index contributed by atoms with van der Waals surface area (Å²) < 4.78 is 11.3. The monoisotopic (exact) mass is 407 g/mol. The summed E-state index contributed by atoms with van der Waals surface area (Å²) in [5, 5.41) is 23.0. The van der Waals surface area contributed by atoms with Crippen molar-refractivity contribution in [1.29, 1.82) is 0 Å². The van der Waals surface area contributed by atoms with Crippen LogP contribution in [-0.2, 0) is 6.42 Å². The first-order valence-electron chi connectivity index (χ1n) is 10.2. The van der Waals surface area contributed by atoms with Crippen LogP contribution in [0, 0.1) is 6.92 Å². The third kappa shape index (κ3) is 2.96. The molecule has 0 unspecified atom stereocenters. The van der Waals surface area contributed by atoms with Gasteiger partial charge in [0.2, 0.25) is 0 Å². The minimum absolute atomic E-state index is 0.0769. The molecule has 0 radical (unpaired) electrons. The number of phenolic OH excluding ortho intramolecular Hbond substituents is 2. The third-order valence-corrected chi connectivity index (χ3v) is 6.55. The van der Waals surface area contributed by atoms with Crippen LogP contribution in [-0.4, -0.2) is 42.4 Å². The molecule has 1 aliphatic rings. The van der Waals surface area contributed by atoms with E-state index in [1.807, 2.05) is 19.1 Å². The number of methoxy groups -OCH3 is 2. The van der Waals surface area contributed by atoms with Crippen molar-refractivity contribution in [3.05, 3.63) is 47.0 Å². The summed E-state index contributed by atoms with van der Waals surface area (Å²) in [6.07, 6.45) is 0.793. The van der Waals surface area contributed by atoms with Crippen LogP contribution in [0.15, 0.2) is 30.3 Å². The van der Waals surface area contributed by atoms with E-state index in [2.05, 4.69) is 31.9 Å². The van der Waals surface area contributed by atoms with Gasteiger partial charge in [0, 0.05) is 29.3 Å². The molecule has 0 aliphatic carbocycles. The standard InChI is InChI=1S/C25H29NO4/c1-13-9-17-16(7-8-19(27)25(17)21(10-13)29-5)24-18-11-14(2)26(4)15(3)23(18)20(28)12-22(24)30-6/h7-10,12,14-15,27-28H,11H2,1-6H3/t14-,15-/m1/s1. The Balaban J connectivity index is 2.13. The number of phenols is 2. The fourth-order valence-corrected chi connectivity index (χ4v) is 4.82. The number of rotatable bonds is 3. The second kappa shape index (κ2) is 7.40. The van der Waals surface area contributed by atoms with E-state index in [4.69, 9.17) is 9.47 Å². The van der Waals surface area contributed by atoms with Gasteiger partial charge in [-0.05, 0) is 74.5 Å². The zero-order valence-electron chi connectivity index (χ0n) is 18.4. The van der Waals surface area contributed by atoms with Crippen molar-refractivity contribution in [2.45, 2.75) is 39.3 Å². The number of fused-ring (bicyclic) bond motifs is 2. The largest absolute Gasteiger partial charge is 0.507 e. The Hall–Kier alpha value is -2.92. The van der Waals surface area contributed by atoms with Gasteiger partial charge in [-0.3, -0.25) is 4.90 Å². The predicted molar refractivity (Wildman–Crippen MR) is 120 cm³/mol. The van der Waals surface area contributed by atoms with E-state index in [1.165, 1.54) is 0 Å². The zero-order chi connectivity index (χ0) is 21.7. The van der Waals surface area contributed by atoms with Gasteiger partial charge in [0.1, 0.15) is 23.0 Å². The normalized spacial score (nSPS) is 19.0. The molecule has 3 aromatic rings. The van der Waals surface area contributed by atoms with Crippen LogP contribution in [0.1, 0.15) is 36.6 Å². The first-order valence-corrected chi connectivity index (χ1v) is 10.2. The zero-order valence-corrected chi connectivity index (χ0v) is 18.4. The minimum atomic E-state index is 0.0769. The van der Waals surface area contributed by atoms with E-state index < -0.39 is 0 Å². The van der Waals surface area contributed by atoms with Crippen molar-refractivity contribution < 1.29 is 19.7 Å². The van der Waals surface area contributed by atoms with E-state index in [1.54, 1.807) is 26.4 Å².